The molecule has 0 aliphatic carbocycles. The first kappa shape index (κ1) is 15.1. The van der Waals surface area contributed by atoms with Gasteiger partial charge >= 0.3 is 0 Å². The van der Waals surface area contributed by atoms with E-state index in [9.17, 15) is 0 Å². The van der Waals surface area contributed by atoms with Gasteiger partial charge in [-0.25, -0.2) is 0 Å². The van der Waals surface area contributed by atoms with E-state index in [2.05, 4.69) is 53.1 Å². The molecule has 0 bridgehead atoms. The highest BCUT2D eigenvalue weighted by Gasteiger charge is 2.25. The van der Waals surface area contributed by atoms with Gasteiger partial charge in [-0.15, -0.1) is 0 Å². The van der Waals surface area contributed by atoms with Crippen LogP contribution in [0.5, 0.6) is 5.75 Å². The van der Waals surface area contributed by atoms with Gasteiger partial charge in [0.1, 0.15) is 5.75 Å². The minimum absolute atomic E-state index is 0.389. The Morgan fingerprint density at radius 3 is 2.82 bits per heavy atom. The molecule has 3 heteroatoms. The topological polar surface area (TPSA) is 33.3 Å². The zero-order valence-corrected chi connectivity index (χ0v) is 13.1. The summed E-state index contributed by atoms with van der Waals surface area (Å²) in [6, 6.07) is 19.8. The Bertz CT molecular complexity index is 585. The molecule has 1 aliphatic heterocycles. The third-order valence-corrected chi connectivity index (χ3v) is 4.32. The molecule has 1 saturated heterocycles. The molecular weight excluding hydrogens is 272 g/mol. The Morgan fingerprint density at radius 1 is 1.14 bits per heavy atom. The van der Waals surface area contributed by atoms with Gasteiger partial charge in [0.25, 0.3) is 0 Å². The molecule has 0 saturated carbocycles. The molecule has 2 aromatic rings. The van der Waals surface area contributed by atoms with Crippen LogP contribution >= 0.6 is 0 Å². The summed E-state index contributed by atoms with van der Waals surface area (Å²) in [5.41, 5.74) is 2.63. The number of benzene rings is 2. The van der Waals surface area contributed by atoms with Crippen LogP contribution in [0, 0.1) is 0 Å². The third-order valence-electron chi connectivity index (χ3n) is 4.32. The van der Waals surface area contributed by atoms with Crippen LogP contribution < -0.4 is 15.4 Å². The standard InChI is InChI=1S/C19H24N2O/c1-22-17-10-5-7-15(13-17)14-21-18-11-6-12-20-19(18)16-8-3-2-4-9-16/h2-5,7-10,13,18-21H,6,11-12,14H2,1H3. The van der Waals surface area contributed by atoms with E-state index in [1.54, 1.807) is 7.11 Å². The van der Waals surface area contributed by atoms with E-state index >= 15 is 0 Å². The highest BCUT2D eigenvalue weighted by Crippen LogP contribution is 2.24. The average molecular weight is 296 g/mol. The minimum Gasteiger partial charge on any atom is -0.497 e. The first-order valence-electron chi connectivity index (χ1n) is 8.01. The molecule has 0 radical (unpaired) electrons. The maximum absolute atomic E-state index is 5.30. The molecule has 0 amide bonds. The first-order valence-corrected chi connectivity index (χ1v) is 8.01. The molecule has 2 atom stereocenters. The molecule has 22 heavy (non-hydrogen) atoms. The summed E-state index contributed by atoms with van der Waals surface area (Å²) in [7, 11) is 1.71. The normalized spacial score (nSPS) is 21.5. The van der Waals surface area contributed by atoms with E-state index < -0.39 is 0 Å². The average Bonchev–Trinajstić information content (AvgIpc) is 2.61. The number of ether oxygens (including phenoxy) is 1. The Morgan fingerprint density at radius 2 is 2.00 bits per heavy atom. The van der Waals surface area contributed by atoms with Crippen molar-refractivity contribution in [1.82, 2.24) is 10.6 Å². The van der Waals surface area contributed by atoms with Gasteiger partial charge in [-0.1, -0.05) is 42.5 Å². The number of hydrogen-bond donors (Lipinski definition) is 2. The van der Waals surface area contributed by atoms with Crippen molar-refractivity contribution >= 4 is 0 Å². The molecule has 1 aliphatic rings. The van der Waals surface area contributed by atoms with Crippen LogP contribution in [0.3, 0.4) is 0 Å². The zero-order valence-electron chi connectivity index (χ0n) is 13.1. The fraction of sp³-hybridized carbons (Fsp3) is 0.368. The SMILES string of the molecule is COc1cccc(CNC2CCCNC2c2ccccc2)c1. The van der Waals surface area contributed by atoms with Gasteiger partial charge in [-0.05, 0) is 42.6 Å². The van der Waals surface area contributed by atoms with Crippen LogP contribution in [0.1, 0.15) is 30.0 Å². The number of piperidine rings is 1. The summed E-state index contributed by atoms with van der Waals surface area (Å²) >= 11 is 0. The Kier molecular flexibility index (Phi) is 5.09. The maximum Gasteiger partial charge on any atom is 0.119 e. The molecule has 2 N–H and O–H groups in total. The van der Waals surface area contributed by atoms with Crippen molar-refractivity contribution in [2.75, 3.05) is 13.7 Å². The predicted molar refractivity (Wildman–Crippen MR) is 90.0 cm³/mol. The van der Waals surface area contributed by atoms with E-state index in [4.69, 9.17) is 4.74 Å². The molecular formula is C19H24N2O. The van der Waals surface area contributed by atoms with Gasteiger partial charge in [0.05, 0.1) is 7.11 Å². The molecule has 3 rings (SSSR count). The van der Waals surface area contributed by atoms with Crippen molar-refractivity contribution in [2.45, 2.75) is 31.5 Å². The molecule has 2 unspecified atom stereocenters. The lowest BCUT2D eigenvalue weighted by Gasteiger charge is -2.34. The van der Waals surface area contributed by atoms with E-state index in [-0.39, 0.29) is 0 Å². The zero-order chi connectivity index (χ0) is 15.2. The van der Waals surface area contributed by atoms with Gasteiger partial charge in [-0.3, -0.25) is 0 Å². The van der Waals surface area contributed by atoms with E-state index in [1.165, 1.54) is 24.0 Å². The monoisotopic (exact) mass is 296 g/mol. The van der Waals surface area contributed by atoms with Gasteiger partial charge in [0.2, 0.25) is 0 Å². The van der Waals surface area contributed by atoms with Crippen molar-refractivity contribution in [3.8, 4) is 5.75 Å². The van der Waals surface area contributed by atoms with E-state index in [0.29, 0.717) is 12.1 Å². The number of rotatable bonds is 5. The summed E-state index contributed by atoms with van der Waals surface area (Å²) in [4.78, 5) is 0. The van der Waals surface area contributed by atoms with Crippen LogP contribution in [0.4, 0.5) is 0 Å². The van der Waals surface area contributed by atoms with E-state index in [0.717, 1.165) is 18.8 Å². The van der Waals surface area contributed by atoms with Crippen LogP contribution in [-0.4, -0.2) is 19.7 Å². The minimum atomic E-state index is 0.389. The Balaban J connectivity index is 1.66. The number of nitrogens with one attached hydrogen (secondary N) is 2. The van der Waals surface area contributed by atoms with Crippen molar-refractivity contribution in [1.29, 1.82) is 0 Å². The molecule has 0 aromatic heterocycles. The first-order chi connectivity index (χ1) is 10.9. The summed E-state index contributed by atoms with van der Waals surface area (Å²) in [6.07, 6.45) is 2.43. The van der Waals surface area contributed by atoms with Gasteiger partial charge in [0.15, 0.2) is 0 Å². The highest BCUT2D eigenvalue weighted by atomic mass is 16.5. The lowest BCUT2D eigenvalue weighted by molar-refractivity contribution is 0.304. The number of methoxy groups -OCH3 is 1. The molecule has 0 spiro atoms. The largest absolute Gasteiger partial charge is 0.497 e. The Hall–Kier alpha value is -1.84. The van der Waals surface area contributed by atoms with E-state index in [1.807, 2.05) is 12.1 Å². The fourth-order valence-electron chi connectivity index (χ4n) is 3.15. The summed E-state index contributed by atoms with van der Waals surface area (Å²) in [6.45, 7) is 1.96. The van der Waals surface area contributed by atoms with Crippen LogP contribution in [0.25, 0.3) is 0 Å². The van der Waals surface area contributed by atoms with Crippen molar-refractivity contribution in [2.24, 2.45) is 0 Å². The van der Waals surface area contributed by atoms with Gasteiger partial charge < -0.3 is 15.4 Å². The van der Waals surface area contributed by atoms with Crippen LogP contribution in [-0.2, 0) is 6.54 Å². The third kappa shape index (κ3) is 3.67. The highest BCUT2D eigenvalue weighted by molar-refractivity contribution is 5.28. The van der Waals surface area contributed by atoms with Crippen LogP contribution in [0.15, 0.2) is 54.6 Å². The second-order valence-corrected chi connectivity index (χ2v) is 5.82. The molecule has 1 heterocycles. The van der Waals surface area contributed by atoms with Gasteiger partial charge in [0, 0.05) is 18.6 Å². The molecule has 116 valence electrons. The second kappa shape index (κ2) is 7.43. The fourth-order valence-corrected chi connectivity index (χ4v) is 3.15. The quantitative estimate of drug-likeness (QED) is 0.888. The molecule has 1 fully saturated rings. The van der Waals surface area contributed by atoms with Crippen molar-refractivity contribution < 1.29 is 4.74 Å². The van der Waals surface area contributed by atoms with Gasteiger partial charge in [-0.2, -0.15) is 0 Å². The van der Waals surface area contributed by atoms with Crippen molar-refractivity contribution in [3.05, 3.63) is 65.7 Å². The summed E-state index contributed by atoms with van der Waals surface area (Å²) in [5.74, 6) is 0.917. The summed E-state index contributed by atoms with van der Waals surface area (Å²) < 4.78 is 5.30. The lowest BCUT2D eigenvalue weighted by atomic mass is 9.92. The summed E-state index contributed by atoms with van der Waals surface area (Å²) in [5, 5.41) is 7.38. The smallest absolute Gasteiger partial charge is 0.119 e. The second-order valence-electron chi connectivity index (χ2n) is 5.82. The van der Waals surface area contributed by atoms with Crippen molar-refractivity contribution in [3.63, 3.8) is 0 Å². The number of hydrogen-bond acceptors (Lipinski definition) is 3. The molecule has 2 aromatic carbocycles. The predicted octanol–water partition coefficient (Wildman–Crippen LogP) is 3.28. The lowest BCUT2D eigenvalue weighted by Crippen LogP contribution is -2.45. The Labute approximate surface area is 132 Å². The van der Waals surface area contributed by atoms with Crippen LogP contribution in [0.2, 0.25) is 0 Å². The molecule has 3 nitrogen and oxygen atoms in total. The maximum atomic E-state index is 5.30.